The van der Waals surface area contributed by atoms with Crippen molar-refractivity contribution in [2.45, 2.75) is 31.3 Å². The smallest absolute Gasteiger partial charge is 0.410 e. The summed E-state index contributed by atoms with van der Waals surface area (Å²) in [7, 11) is -3.73. The number of ether oxygens (including phenoxy) is 1. The van der Waals surface area contributed by atoms with E-state index in [4.69, 9.17) is 4.74 Å². The summed E-state index contributed by atoms with van der Waals surface area (Å²) in [4.78, 5) is 25.8. The van der Waals surface area contributed by atoms with Gasteiger partial charge in [-0.25, -0.2) is 17.9 Å². The molecule has 0 atom stereocenters. The number of carbonyl (C=O) groups is 1. The molecule has 0 aromatic heterocycles. The molecule has 1 aliphatic rings. The molecule has 0 bridgehead atoms. The van der Waals surface area contributed by atoms with Crippen molar-refractivity contribution in [2.75, 3.05) is 39.3 Å². The first-order valence-corrected chi connectivity index (χ1v) is 10.4. The Morgan fingerprint density at radius 2 is 1.75 bits per heavy atom. The summed E-state index contributed by atoms with van der Waals surface area (Å²) in [6.07, 6.45) is -0.342. The number of nitro groups is 1. The Balaban J connectivity index is 1.78. The monoisotopic (exact) mass is 414 g/mol. The molecule has 0 radical (unpaired) electrons. The van der Waals surface area contributed by atoms with Crippen LogP contribution in [0.2, 0.25) is 0 Å². The van der Waals surface area contributed by atoms with E-state index in [0.717, 1.165) is 12.1 Å². The predicted molar refractivity (Wildman–Crippen MR) is 103 cm³/mol. The van der Waals surface area contributed by atoms with Crippen LogP contribution in [-0.4, -0.2) is 74.1 Å². The van der Waals surface area contributed by atoms with Gasteiger partial charge in [-0.2, -0.15) is 0 Å². The molecule has 1 saturated heterocycles. The Labute approximate surface area is 164 Å². The lowest BCUT2D eigenvalue weighted by atomic mass is 10.2. The van der Waals surface area contributed by atoms with Crippen LogP contribution in [0.3, 0.4) is 0 Å². The summed E-state index contributed by atoms with van der Waals surface area (Å²) in [6, 6.07) is 4.73. The van der Waals surface area contributed by atoms with E-state index in [1.807, 2.05) is 20.8 Å². The van der Waals surface area contributed by atoms with Crippen LogP contribution in [0.25, 0.3) is 0 Å². The number of nitrogens with one attached hydrogen (secondary N) is 1. The second-order valence-corrected chi connectivity index (χ2v) is 9.22. The van der Waals surface area contributed by atoms with E-state index in [-0.39, 0.29) is 23.2 Å². The summed E-state index contributed by atoms with van der Waals surface area (Å²) in [5.74, 6) is 0. The van der Waals surface area contributed by atoms with E-state index in [0.29, 0.717) is 32.7 Å². The maximum Gasteiger partial charge on any atom is 0.410 e. The lowest BCUT2D eigenvalue weighted by Gasteiger charge is -2.35. The zero-order chi connectivity index (χ0) is 20.9. The molecule has 1 aliphatic heterocycles. The summed E-state index contributed by atoms with van der Waals surface area (Å²) in [5.41, 5.74) is -0.702. The maximum absolute atomic E-state index is 12.3. The number of amides is 1. The standard InChI is InChI=1S/C17H26N4O6S/c1-17(2,3)27-16(22)20-12-10-19(11-13-20)9-8-18-28(25,26)15-6-4-14(5-7-15)21(23)24/h4-7,18H,8-13H2,1-3H3. The number of nitro benzene ring substituents is 1. The minimum Gasteiger partial charge on any atom is -0.444 e. The zero-order valence-electron chi connectivity index (χ0n) is 16.3. The molecule has 0 saturated carbocycles. The predicted octanol–water partition coefficient (Wildman–Crippen LogP) is 1.43. The highest BCUT2D eigenvalue weighted by molar-refractivity contribution is 7.89. The molecule has 156 valence electrons. The summed E-state index contributed by atoms with van der Waals surface area (Å²) in [5, 5.41) is 10.6. The molecule has 1 aromatic rings. The van der Waals surface area contributed by atoms with E-state index in [1.165, 1.54) is 12.1 Å². The number of sulfonamides is 1. The molecule has 0 aliphatic carbocycles. The van der Waals surface area contributed by atoms with Crippen molar-refractivity contribution in [1.29, 1.82) is 0 Å². The molecule has 11 heteroatoms. The van der Waals surface area contributed by atoms with Gasteiger partial charge in [-0.3, -0.25) is 15.0 Å². The quantitative estimate of drug-likeness (QED) is 0.552. The molecule has 0 spiro atoms. The van der Waals surface area contributed by atoms with E-state index < -0.39 is 20.5 Å². The van der Waals surface area contributed by atoms with Gasteiger partial charge >= 0.3 is 6.09 Å². The van der Waals surface area contributed by atoms with Crippen LogP contribution in [0.4, 0.5) is 10.5 Å². The van der Waals surface area contributed by atoms with Gasteiger partial charge in [0.2, 0.25) is 10.0 Å². The highest BCUT2D eigenvalue weighted by Crippen LogP contribution is 2.15. The molecule has 2 rings (SSSR count). The number of hydrogen-bond acceptors (Lipinski definition) is 7. The van der Waals surface area contributed by atoms with Crippen LogP contribution in [0, 0.1) is 10.1 Å². The molecular weight excluding hydrogens is 388 g/mol. The van der Waals surface area contributed by atoms with Crippen molar-refractivity contribution < 1.29 is 22.9 Å². The van der Waals surface area contributed by atoms with Crippen LogP contribution in [0.15, 0.2) is 29.2 Å². The van der Waals surface area contributed by atoms with E-state index in [1.54, 1.807) is 4.90 Å². The third kappa shape index (κ3) is 6.43. The van der Waals surface area contributed by atoms with Gasteiger partial charge in [-0.15, -0.1) is 0 Å². The van der Waals surface area contributed by atoms with Gasteiger partial charge in [0.25, 0.3) is 5.69 Å². The van der Waals surface area contributed by atoms with Crippen molar-refractivity contribution >= 4 is 21.8 Å². The largest absolute Gasteiger partial charge is 0.444 e. The van der Waals surface area contributed by atoms with Crippen LogP contribution in [0.1, 0.15) is 20.8 Å². The third-order valence-corrected chi connectivity index (χ3v) is 5.58. The second-order valence-electron chi connectivity index (χ2n) is 7.46. The van der Waals surface area contributed by atoms with E-state index in [9.17, 15) is 23.3 Å². The first-order valence-electron chi connectivity index (χ1n) is 8.92. The molecule has 28 heavy (non-hydrogen) atoms. The fraction of sp³-hybridized carbons (Fsp3) is 0.588. The topological polar surface area (TPSA) is 122 Å². The Morgan fingerprint density at radius 3 is 2.25 bits per heavy atom. The SMILES string of the molecule is CC(C)(C)OC(=O)N1CCN(CCNS(=O)(=O)c2ccc([N+](=O)[O-])cc2)CC1. The number of piperazine rings is 1. The fourth-order valence-electron chi connectivity index (χ4n) is 2.65. The molecule has 1 amide bonds. The van der Waals surface area contributed by atoms with Crippen molar-refractivity contribution in [2.24, 2.45) is 0 Å². The van der Waals surface area contributed by atoms with Gasteiger partial charge < -0.3 is 9.64 Å². The minimum atomic E-state index is -3.73. The average molecular weight is 414 g/mol. The summed E-state index contributed by atoms with van der Waals surface area (Å²) >= 11 is 0. The number of hydrogen-bond donors (Lipinski definition) is 1. The van der Waals surface area contributed by atoms with Crippen molar-refractivity contribution in [1.82, 2.24) is 14.5 Å². The maximum atomic E-state index is 12.3. The normalized spacial score (nSPS) is 16.0. The van der Waals surface area contributed by atoms with Crippen molar-refractivity contribution in [3.05, 3.63) is 34.4 Å². The van der Waals surface area contributed by atoms with Gasteiger partial charge in [0.15, 0.2) is 0 Å². The Morgan fingerprint density at radius 1 is 1.18 bits per heavy atom. The number of nitrogens with zero attached hydrogens (tertiary/aromatic N) is 3. The van der Waals surface area contributed by atoms with Crippen molar-refractivity contribution in [3.8, 4) is 0 Å². The molecule has 10 nitrogen and oxygen atoms in total. The number of rotatable bonds is 6. The second kappa shape index (κ2) is 8.84. The molecule has 1 aromatic carbocycles. The Kier molecular flexibility index (Phi) is 6.96. The number of carbonyl (C=O) groups excluding carboxylic acids is 1. The van der Waals surface area contributed by atoms with E-state index >= 15 is 0 Å². The molecule has 1 N–H and O–H groups in total. The lowest BCUT2D eigenvalue weighted by Crippen LogP contribution is -2.51. The molecular formula is C17H26N4O6S. The minimum absolute atomic E-state index is 0.0205. The van der Waals surface area contributed by atoms with Gasteiger partial charge in [-0.05, 0) is 32.9 Å². The zero-order valence-corrected chi connectivity index (χ0v) is 17.1. The highest BCUT2D eigenvalue weighted by Gasteiger charge is 2.26. The summed E-state index contributed by atoms with van der Waals surface area (Å²) in [6.45, 7) is 8.43. The van der Waals surface area contributed by atoms with Gasteiger partial charge in [0, 0.05) is 51.4 Å². The average Bonchev–Trinajstić information content (AvgIpc) is 2.61. The summed E-state index contributed by atoms with van der Waals surface area (Å²) < 4.78 is 32.4. The van der Waals surface area contributed by atoms with E-state index in [2.05, 4.69) is 9.62 Å². The van der Waals surface area contributed by atoms with Crippen LogP contribution in [0.5, 0.6) is 0 Å². The molecule has 0 unspecified atom stereocenters. The molecule has 1 fully saturated rings. The van der Waals surface area contributed by atoms with Gasteiger partial charge in [0.05, 0.1) is 9.82 Å². The number of non-ortho nitro benzene ring substituents is 1. The van der Waals surface area contributed by atoms with Crippen LogP contribution >= 0.6 is 0 Å². The number of benzene rings is 1. The Bertz CT molecular complexity index is 796. The third-order valence-electron chi connectivity index (χ3n) is 4.10. The lowest BCUT2D eigenvalue weighted by molar-refractivity contribution is -0.384. The van der Waals surface area contributed by atoms with Gasteiger partial charge in [-0.1, -0.05) is 0 Å². The first kappa shape index (κ1) is 22.1. The fourth-order valence-corrected chi connectivity index (χ4v) is 3.67. The first-order chi connectivity index (χ1) is 13.0. The van der Waals surface area contributed by atoms with Crippen LogP contribution < -0.4 is 4.72 Å². The Hall–Kier alpha value is -2.24. The highest BCUT2D eigenvalue weighted by atomic mass is 32.2. The molecule has 1 heterocycles. The van der Waals surface area contributed by atoms with Crippen LogP contribution in [-0.2, 0) is 14.8 Å². The van der Waals surface area contributed by atoms with Crippen molar-refractivity contribution in [3.63, 3.8) is 0 Å². The van der Waals surface area contributed by atoms with Gasteiger partial charge in [0.1, 0.15) is 5.60 Å².